The van der Waals surface area contributed by atoms with Crippen LogP contribution >= 0.6 is 0 Å². The van der Waals surface area contributed by atoms with E-state index in [1.54, 1.807) is 0 Å². The van der Waals surface area contributed by atoms with Gasteiger partial charge in [-0.15, -0.1) is 0 Å². The molecule has 0 radical (unpaired) electrons. The fourth-order valence-corrected chi connectivity index (χ4v) is 1.99. The minimum atomic E-state index is -4.56. The van der Waals surface area contributed by atoms with Gasteiger partial charge in [0.25, 0.3) is 0 Å². The molecule has 0 fully saturated rings. The minimum absolute atomic E-state index is 0.199. The summed E-state index contributed by atoms with van der Waals surface area (Å²) in [5.41, 5.74) is -0.664. The van der Waals surface area contributed by atoms with Crippen molar-refractivity contribution in [3.8, 4) is 0 Å². The Balaban J connectivity index is 2.57. The fourth-order valence-electron chi connectivity index (χ4n) is 1.99. The molecule has 2 aromatic rings. The van der Waals surface area contributed by atoms with E-state index in [1.165, 1.54) is 25.8 Å². The first-order chi connectivity index (χ1) is 9.43. The molecule has 0 bridgehead atoms. The molecule has 1 aromatic heterocycles. The van der Waals surface area contributed by atoms with Crippen molar-refractivity contribution in [2.24, 2.45) is 0 Å². The zero-order valence-electron chi connectivity index (χ0n) is 10.4. The SMILES string of the molecule is CNC(c1cncnc1)c1cc(F)ccc1C(F)(F)F. The molecule has 1 atom stereocenters. The fraction of sp³-hybridized carbons (Fsp3) is 0.231. The zero-order valence-corrected chi connectivity index (χ0v) is 10.4. The van der Waals surface area contributed by atoms with Gasteiger partial charge >= 0.3 is 6.18 Å². The lowest BCUT2D eigenvalue weighted by atomic mass is 9.95. The summed E-state index contributed by atoms with van der Waals surface area (Å²) in [5.74, 6) is -0.731. The molecule has 0 amide bonds. The number of hydrogen-bond donors (Lipinski definition) is 1. The Labute approximate surface area is 112 Å². The molecule has 1 heterocycles. The van der Waals surface area contributed by atoms with Crippen LogP contribution in [-0.4, -0.2) is 17.0 Å². The van der Waals surface area contributed by atoms with Crippen molar-refractivity contribution >= 4 is 0 Å². The number of nitrogens with one attached hydrogen (secondary N) is 1. The highest BCUT2D eigenvalue weighted by atomic mass is 19.4. The normalized spacial score (nSPS) is 13.2. The van der Waals surface area contributed by atoms with Gasteiger partial charge in [-0.05, 0) is 30.8 Å². The average molecular weight is 285 g/mol. The third-order valence-electron chi connectivity index (χ3n) is 2.83. The summed E-state index contributed by atoms with van der Waals surface area (Å²) in [6, 6.07) is 1.56. The van der Waals surface area contributed by atoms with Crippen molar-refractivity contribution in [2.45, 2.75) is 12.2 Å². The first kappa shape index (κ1) is 14.4. The zero-order chi connectivity index (χ0) is 14.8. The van der Waals surface area contributed by atoms with Gasteiger partial charge in [0.15, 0.2) is 0 Å². The Morgan fingerprint density at radius 2 is 1.80 bits per heavy atom. The number of rotatable bonds is 3. The van der Waals surface area contributed by atoms with Gasteiger partial charge in [0.1, 0.15) is 12.1 Å². The minimum Gasteiger partial charge on any atom is -0.309 e. The van der Waals surface area contributed by atoms with Crippen LogP contribution in [0.5, 0.6) is 0 Å². The first-order valence-corrected chi connectivity index (χ1v) is 5.72. The average Bonchev–Trinajstić information content (AvgIpc) is 2.39. The molecule has 1 unspecified atom stereocenters. The van der Waals surface area contributed by atoms with E-state index < -0.39 is 23.6 Å². The Morgan fingerprint density at radius 1 is 1.15 bits per heavy atom. The molecule has 106 valence electrons. The molecule has 0 spiro atoms. The van der Waals surface area contributed by atoms with E-state index >= 15 is 0 Å². The maximum absolute atomic E-state index is 13.3. The van der Waals surface area contributed by atoms with Crippen molar-refractivity contribution in [2.75, 3.05) is 7.05 Å². The number of nitrogens with zero attached hydrogens (tertiary/aromatic N) is 2. The molecule has 0 aliphatic rings. The lowest BCUT2D eigenvalue weighted by molar-refractivity contribution is -0.138. The largest absolute Gasteiger partial charge is 0.416 e. The van der Waals surface area contributed by atoms with E-state index in [9.17, 15) is 17.6 Å². The van der Waals surface area contributed by atoms with Crippen molar-refractivity contribution in [3.63, 3.8) is 0 Å². The van der Waals surface area contributed by atoms with E-state index in [-0.39, 0.29) is 5.56 Å². The smallest absolute Gasteiger partial charge is 0.309 e. The Bertz CT molecular complexity index is 584. The van der Waals surface area contributed by atoms with E-state index in [1.807, 2.05) is 0 Å². The maximum Gasteiger partial charge on any atom is 0.416 e. The molecule has 0 aliphatic carbocycles. The van der Waals surface area contributed by atoms with Crippen LogP contribution in [0.1, 0.15) is 22.7 Å². The number of aromatic nitrogens is 2. The van der Waals surface area contributed by atoms with Crippen LogP contribution in [0.2, 0.25) is 0 Å². The summed E-state index contributed by atoms with van der Waals surface area (Å²) < 4.78 is 52.4. The Hall–Kier alpha value is -2.02. The van der Waals surface area contributed by atoms with Gasteiger partial charge in [-0.25, -0.2) is 14.4 Å². The second-order valence-corrected chi connectivity index (χ2v) is 4.12. The number of hydrogen-bond acceptors (Lipinski definition) is 3. The Kier molecular flexibility index (Phi) is 3.99. The molecule has 3 nitrogen and oxygen atoms in total. The number of halogens is 4. The molecule has 0 aliphatic heterocycles. The summed E-state index contributed by atoms with van der Waals surface area (Å²) in [5, 5.41) is 2.73. The number of alkyl halides is 3. The number of benzene rings is 1. The van der Waals surface area contributed by atoms with Crippen molar-refractivity contribution in [1.82, 2.24) is 15.3 Å². The molecule has 1 aromatic carbocycles. The molecule has 20 heavy (non-hydrogen) atoms. The first-order valence-electron chi connectivity index (χ1n) is 5.72. The summed E-state index contributed by atoms with van der Waals surface area (Å²) in [7, 11) is 1.49. The van der Waals surface area contributed by atoms with Gasteiger partial charge in [-0.3, -0.25) is 0 Å². The van der Waals surface area contributed by atoms with Crippen LogP contribution in [-0.2, 0) is 6.18 Å². The Morgan fingerprint density at radius 3 is 2.35 bits per heavy atom. The predicted octanol–water partition coefficient (Wildman–Crippen LogP) is 2.94. The highest BCUT2D eigenvalue weighted by Crippen LogP contribution is 2.36. The second-order valence-electron chi connectivity index (χ2n) is 4.12. The van der Waals surface area contributed by atoms with Crippen LogP contribution in [0.4, 0.5) is 17.6 Å². The quantitative estimate of drug-likeness (QED) is 0.881. The molecule has 0 saturated carbocycles. The lowest BCUT2D eigenvalue weighted by Gasteiger charge is -2.21. The van der Waals surface area contributed by atoms with Gasteiger partial charge in [-0.2, -0.15) is 13.2 Å². The van der Waals surface area contributed by atoms with E-state index in [4.69, 9.17) is 0 Å². The molecular formula is C13H11F4N3. The van der Waals surface area contributed by atoms with Crippen LogP contribution < -0.4 is 5.32 Å². The standard InChI is InChI=1S/C13H11F4N3/c1-18-12(8-5-19-7-20-6-8)10-4-9(14)2-3-11(10)13(15,16)17/h2-7,12,18H,1H3. The monoisotopic (exact) mass is 285 g/mol. The summed E-state index contributed by atoms with van der Waals surface area (Å²) in [4.78, 5) is 7.53. The molecule has 0 saturated heterocycles. The molecular weight excluding hydrogens is 274 g/mol. The third kappa shape index (κ3) is 2.93. The highest BCUT2D eigenvalue weighted by Gasteiger charge is 2.35. The predicted molar refractivity (Wildman–Crippen MR) is 64.3 cm³/mol. The second kappa shape index (κ2) is 5.54. The van der Waals surface area contributed by atoms with Crippen molar-refractivity contribution in [1.29, 1.82) is 0 Å². The van der Waals surface area contributed by atoms with E-state index in [2.05, 4.69) is 15.3 Å². The molecule has 2 rings (SSSR count). The molecule has 7 heteroatoms. The van der Waals surface area contributed by atoms with E-state index in [0.29, 0.717) is 5.56 Å². The van der Waals surface area contributed by atoms with Gasteiger partial charge < -0.3 is 5.32 Å². The molecule has 1 N–H and O–H groups in total. The summed E-state index contributed by atoms with van der Waals surface area (Å²) >= 11 is 0. The summed E-state index contributed by atoms with van der Waals surface area (Å²) in [6.07, 6.45) is -0.515. The van der Waals surface area contributed by atoms with Crippen LogP contribution in [0, 0.1) is 5.82 Å². The van der Waals surface area contributed by atoms with Crippen LogP contribution in [0.15, 0.2) is 36.9 Å². The van der Waals surface area contributed by atoms with Crippen LogP contribution in [0.25, 0.3) is 0 Å². The van der Waals surface area contributed by atoms with Gasteiger partial charge in [0, 0.05) is 18.0 Å². The van der Waals surface area contributed by atoms with Gasteiger partial charge in [-0.1, -0.05) is 0 Å². The van der Waals surface area contributed by atoms with Crippen molar-refractivity contribution < 1.29 is 17.6 Å². The maximum atomic E-state index is 13.3. The van der Waals surface area contributed by atoms with Crippen LogP contribution in [0.3, 0.4) is 0 Å². The lowest BCUT2D eigenvalue weighted by Crippen LogP contribution is -2.22. The summed E-state index contributed by atoms with van der Waals surface area (Å²) in [6.45, 7) is 0. The topological polar surface area (TPSA) is 37.8 Å². The highest BCUT2D eigenvalue weighted by molar-refractivity contribution is 5.38. The van der Waals surface area contributed by atoms with Crippen molar-refractivity contribution in [3.05, 3.63) is 59.4 Å². The third-order valence-corrected chi connectivity index (χ3v) is 2.83. The van der Waals surface area contributed by atoms with Gasteiger partial charge in [0.2, 0.25) is 0 Å². The van der Waals surface area contributed by atoms with E-state index in [0.717, 1.165) is 18.2 Å². The van der Waals surface area contributed by atoms with Gasteiger partial charge in [0.05, 0.1) is 11.6 Å².